The van der Waals surface area contributed by atoms with E-state index >= 15 is 0 Å². The third-order valence-electron chi connectivity index (χ3n) is 7.34. The van der Waals surface area contributed by atoms with E-state index in [1.807, 2.05) is 48.5 Å². The first kappa shape index (κ1) is 22.5. The second kappa shape index (κ2) is 8.60. The normalized spacial score (nSPS) is 23.1. The Bertz CT molecular complexity index is 1320. The van der Waals surface area contributed by atoms with E-state index < -0.39 is 36.9 Å². The SMILES string of the molecule is O=C(COC(=O)CN1C(=O)[C@H]2C3c4ccccc4C(c4ccccc43)[C@@H]2C1=O)Nc1ccccc1Cl. The van der Waals surface area contributed by atoms with Gasteiger partial charge in [-0.05, 0) is 34.4 Å². The Morgan fingerprint density at radius 3 is 1.75 bits per heavy atom. The zero-order valence-electron chi connectivity index (χ0n) is 19.0. The number of halogens is 1. The second-order valence-electron chi connectivity index (χ2n) is 9.22. The lowest BCUT2D eigenvalue weighted by Crippen LogP contribution is -2.41. The summed E-state index contributed by atoms with van der Waals surface area (Å²) in [6.07, 6.45) is 0. The lowest BCUT2D eigenvalue weighted by Gasteiger charge is -2.45. The maximum Gasteiger partial charge on any atom is 0.326 e. The number of carbonyl (C=O) groups is 4. The smallest absolute Gasteiger partial charge is 0.326 e. The Hall–Kier alpha value is -3.97. The van der Waals surface area contributed by atoms with E-state index in [2.05, 4.69) is 5.32 Å². The van der Waals surface area contributed by atoms with Gasteiger partial charge in [-0.1, -0.05) is 72.3 Å². The van der Waals surface area contributed by atoms with Crippen LogP contribution in [0.25, 0.3) is 0 Å². The van der Waals surface area contributed by atoms with Gasteiger partial charge in [0.15, 0.2) is 6.61 Å². The van der Waals surface area contributed by atoms with Crippen molar-refractivity contribution in [3.63, 3.8) is 0 Å². The standard InChI is InChI=1S/C28H21ClN2O5/c29-19-11-5-6-12-20(19)30-21(32)14-36-22(33)13-31-27(34)25-23-15-7-1-2-8-16(15)24(26(25)28(31)35)18-10-4-3-9-17(18)23/h1-12,23-26H,13-14H2,(H,30,32)/t23?,24?,25-,26-/m0/s1. The zero-order valence-corrected chi connectivity index (χ0v) is 19.8. The number of carbonyl (C=O) groups excluding carboxylic acids is 4. The molecule has 2 atom stereocenters. The molecule has 3 aliphatic carbocycles. The Balaban J connectivity index is 1.19. The van der Waals surface area contributed by atoms with Crippen molar-refractivity contribution >= 4 is 41.0 Å². The molecule has 36 heavy (non-hydrogen) atoms. The first-order chi connectivity index (χ1) is 17.5. The molecule has 0 aromatic heterocycles. The largest absolute Gasteiger partial charge is 0.454 e. The number of rotatable bonds is 5. The van der Waals surface area contributed by atoms with Crippen LogP contribution in [0.2, 0.25) is 5.02 Å². The van der Waals surface area contributed by atoms with Crippen LogP contribution in [-0.4, -0.2) is 41.7 Å². The van der Waals surface area contributed by atoms with Gasteiger partial charge in [-0.25, -0.2) is 0 Å². The third kappa shape index (κ3) is 3.42. The molecule has 1 saturated heterocycles. The number of para-hydroxylation sites is 1. The van der Waals surface area contributed by atoms with E-state index in [0.29, 0.717) is 10.7 Å². The summed E-state index contributed by atoms with van der Waals surface area (Å²) in [5, 5.41) is 2.91. The molecule has 4 aliphatic rings. The molecule has 1 aliphatic heterocycles. The lowest BCUT2D eigenvalue weighted by atomic mass is 9.55. The fourth-order valence-corrected chi connectivity index (χ4v) is 6.15. The fourth-order valence-electron chi connectivity index (χ4n) is 5.96. The molecule has 1 heterocycles. The van der Waals surface area contributed by atoms with Gasteiger partial charge >= 0.3 is 5.97 Å². The summed E-state index contributed by atoms with van der Waals surface area (Å²) in [7, 11) is 0. The second-order valence-corrected chi connectivity index (χ2v) is 9.62. The highest BCUT2D eigenvalue weighted by Gasteiger charge is 2.61. The number of hydrogen-bond acceptors (Lipinski definition) is 5. The number of imide groups is 1. The quantitative estimate of drug-likeness (QED) is 0.426. The van der Waals surface area contributed by atoms with Crippen LogP contribution in [0.15, 0.2) is 72.8 Å². The van der Waals surface area contributed by atoms with Gasteiger partial charge in [-0.15, -0.1) is 0 Å². The predicted molar refractivity (Wildman–Crippen MR) is 131 cm³/mol. The molecule has 1 N–H and O–H groups in total. The number of hydrogen-bond donors (Lipinski definition) is 1. The van der Waals surface area contributed by atoms with Gasteiger partial charge in [0.2, 0.25) is 11.8 Å². The number of anilines is 1. The molecular formula is C28H21ClN2O5. The first-order valence-corrected chi connectivity index (χ1v) is 12.1. The average molecular weight is 501 g/mol. The van der Waals surface area contributed by atoms with Crippen molar-refractivity contribution < 1.29 is 23.9 Å². The van der Waals surface area contributed by atoms with E-state index in [1.165, 1.54) is 0 Å². The molecule has 0 saturated carbocycles. The van der Waals surface area contributed by atoms with Crippen LogP contribution in [0.5, 0.6) is 0 Å². The van der Waals surface area contributed by atoms with Crippen molar-refractivity contribution in [2.45, 2.75) is 11.8 Å². The van der Waals surface area contributed by atoms with Crippen LogP contribution in [-0.2, 0) is 23.9 Å². The van der Waals surface area contributed by atoms with Gasteiger partial charge in [0.1, 0.15) is 6.54 Å². The molecule has 3 aromatic rings. The van der Waals surface area contributed by atoms with E-state index in [-0.39, 0.29) is 23.7 Å². The summed E-state index contributed by atoms with van der Waals surface area (Å²) in [5.74, 6) is -3.77. The van der Waals surface area contributed by atoms with Gasteiger partial charge in [-0.2, -0.15) is 0 Å². The van der Waals surface area contributed by atoms with Crippen molar-refractivity contribution in [3.8, 4) is 0 Å². The lowest BCUT2D eigenvalue weighted by molar-refractivity contribution is -0.154. The van der Waals surface area contributed by atoms with Crippen molar-refractivity contribution in [2.24, 2.45) is 11.8 Å². The molecule has 0 unspecified atom stereocenters. The van der Waals surface area contributed by atoms with Crippen LogP contribution in [0.4, 0.5) is 5.69 Å². The molecule has 7 rings (SSSR count). The van der Waals surface area contributed by atoms with Gasteiger partial charge < -0.3 is 10.1 Å². The maximum absolute atomic E-state index is 13.5. The van der Waals surface area contributed by atoms with Gasteiger partial charge in [-0.3, -0.25) is 24.1 Å². The Labute approximate surface area is 212 Å². The fraction of sp³-hybridized carbons (Fsp3) is 0.214. The van der Waals surface area contributed by atoms with E-state index in [4.69, 9.17) is 16.3 Å². The Kier molecular flexibility index (Phi) is 5.38. The highest BCUT2D eigenvalue weighted by atomic mass is 35.5. The predicted octanol–water partition coefficient (Wildman–Crippen LogP) is 3.71. The third-order valence-corrected chi connectivity index (χ3v) is 7.67. The highest BCUT2D eigenvalue weighted by Crippen LogP contribution is 2.60. The summed E-state index contributed by atoms with van der Waals surface area (Å²) in [6, 6.07) is 22.5. The van der Waals surface area contributed by atoms with E-state index in [0.717, 1.165) is 27.2 Å². The van der Waals surface area contributed by atoms with Crippen LogP contribution in [0.3, 0.4) is 0 Å². The molecular weight excluding hydrogens is 480 g/mol. The van der Waals surface area contributed by atoms with Gasteiger partial charge in [0.05, 0.1) is 22.5 Å². The molecule has 3 aromatic carbocycles. The van der Waals surface area contributed by atoms with Crippen LogP contribution in [0.1, 0.15) is 34.1 Å². The number of likely N-dealkylation sites (tertiary alicyclic amines) is 1. The Morgan fingerprint density at radius 1 is 0.778 bits per heavy atom. The molecule has 0 radical (unpaired) electrons. The Morgan fingerprint density at radius 2 is 1.25 bits per heavy atom. The van der Waals surface area contributed by atoms with Crippen molar-refractivity contribution in [3.05, 3.63) is 100 Å². The maximum atomic E-state index is 13.5. The summed E-state index contributed by atoms with van der Waals surface area (Å²) >= 11 is 6.03. The van der Waals surface area contributed by atoms with Crippen molar-refractivity contribution in [2.75, 3.05) is 18.5 Å². The summed E-state index contributed by atoms with van der Waals surface area (Å²) < 4.78 is 5.08. The van der Waals surface area contributed by atoms with Crippen molar-refractivity contribution in [1.82, 2.24) is 4.90 Å². The highest BCUT2D eigenvalue weighted by molar-refractivity contribution is 6.33. The van der Waals surface area contributed by atoms with E-state index in [1.54, 1.807) is 24.3 Å². The minimum atomic E-state index is -0.827. The van der Waals surface area contributed by atoms with Gasteiger partial charge in [0, 0.05) is 11.8 Å². The van der Waals surface area contributed by atoms with E-state index in [9.17, 15) is 19.2 Å². The number of nitrogens with zero attached hydrogens (tertiary/aromatic N) is 1. The number of ether oxygens (including phenoxy) is 1. The molecule has 0 spiro atoms. The summed E-state index contributed by atoms with van der Waals surface area (Å²) in [6.45, 7) is -1.09. The number of amides is 3. The molecule has 7 nitrogen and oxygen atoms in total. The topological polar surface area (TPSA) is 92.8 Å². The van der Waals surface area contributed by atoms with Crippen LogP contribution < -0.4 is 5.32 Å². The molecule has 3 amide bonds. The summed E-state index contributed by atoms with van der Waals surface area (Å²) in [4.78, 5) is 52.8. The molecule has 2 bridgehead atoms. The van der Waals surface area contributed by atoms with Crippen molar-refractivity contribution in [1.29, 1.82) is 0 Å². The molecule has 180 valence electrons. The average Bonchev–Trinajstić information content (AvgIpc) is 3.14. The summed E-state index contributed by atoms with van der Waals surface area (Å²) in [5.41, 5.74) is 4.63. The molecule has 8 heteroatoms. The minimum absolute atomic E-state index is 0.244. The van der Waals surface area contributed by atoms with Crippen LogP contribution in [0, 0.1) is 11.8 Å². The minimum Gasteiger partial charge on any atom is -0.454 e. The number of esters is 1. The monoisotopic (exact) mass is 500 g/mol. The molecule has 1 fully saturated rings. The van der Waals surface area contributed by atoms with Crippen LogP contribution >= 0.6 is 11.6 Å². The zero-order chi connectivity index (χ0) is 25.0. The van der Waals surface area contributed by atoms with Gasteiger partial charge in [0.25, 0.3) is 5.91 Å². The number of benzene rings is 3. The first-order valence-electron chi connectivity index (χ1n) is 11.7. The number of nitrogens with one attached hydrogen (secondary N) is 1.